The summed E-state index contributed by atoms with van der Waals surface area (Å²) in [6.07, 6.45) is -0.654. The number of tetrazole rings is 1. The van der Waals surface area contributed by atoms with Crippen LogP contribution in [0.2, 0.25) is 0 Å². The highest BCUT2D eigenvalue weighted by atomic mass is 16.5. The number of hydrogen-bond acceptors (Lipinski definition) is 6. The van der Waals surface area contributed by atoms with Crippen molar-refractivity contribution in [1.29, 1.82) is 0 Å². The molecule has 2 aromatic rings. The molecule has 0 fully saturated rings. The molecule has 0 aliphatic carbocycles. The number of rotatable bonds is 6. The molecule has 1 aromatic heterocycles. The lowest BCUT2D eigenvalue weighted by atomic mass is 10.2. The number of nitrogens with zero attached hydrogens (tertiary/aromatic N) is 7. The number of benzene rings is 1. The molecular formula is C11H13N7O2. The number of aliphatic hydroxyl groups excluding tert-OH is 1. The maximum atomic E-state index is 10.0. The van der Waals surface area contributed by atoms with Crippen molar-refractivity contribution >= 4 is 0 Å². The zero-order valence-electron chi connectivity index (χ0n) is 10.8. The van der Waals surface area contributed by atoms with E-state index in [0.29, 0.717) is 17.3 Å². The van der Waals surface area contributed by atoms with Crippen molar-refractivity contribution in [3.8, 4) is 11.4 Å². The molecule has 104 valence electrons. The van der Waals surface area contributed by atoms with Gasteiger partial charge in [0.2, 0.25) is 0 Å². The van der Waals surface area contributed by atoms with Gasteiger partial charge in [-0.15, -0.1) is 5.10 Å². The van der Waals surface area contributed by atoms with E-state index in [1.54, 1.807) is 31.4 Å². The lowest BCUT2D eigenvalue weighted by Crippen LogP contribution is -2.09. The Morgan fingerprint density at radius 2 is 2.20 bits per heavy atom. The summed E-state index contributed by atoms with van der Waals surface area (Å²) in [5, 5.41) is 24.6. The smallest absolute Gasteiger partial charge is 0.185 e. The zero-order chi connectivity index (χ0) is 14.4. The molecule has 1 atom stereocenters. The second kappa shape index (κ2) is 6.50. The van der Waals surface area contributed by atoms with E-state index in [-0.39, 0.29) is 13.0 Å². The Bertz CT molecular complexity index is 603. The van der Waals surface area contributed by atoms with Crippen LogP contribution in [0.5, 0.6) is 5.75 Å². The molecule has 0 bridgehead atoms. The van der Waals surface area contributed by atoms with Gasteiger partial charge in [-0.3, -0.25) is 0 Å². The van der Waals surface area contributed by atoms with Gasteiger partial charge in [0, 0.05) is 11.5 Å². The molecular weight excluding hydrogens is 262 g/mol. The third kappa shape index (κ3) is 3.02. The van der Waals surface area contributed by atoms with Crippen LogP contribution >= 0.6 is 0 Å². The van der Waals surface area contributed by atoms with Crippen LogP contribution in [0.4, 0.5) is 0 Å². The van der Waals surface area contributed by atoms with E-state index in [2.05, 4.69) is 25.6 Å². The summed E-state index contributed by atoms with van der Waals surface area (Å²) in [6, 6.07) is 7.10. The molecule has 1 aromatic carbocycles. The fourth-order valence-corrected chi connectivity index (χ4v) is 1.66. The van der Waals surface area contributed by atoms with Crippen LogP contribution in [0.25, 0.3) is 16.1 Å². The molecule has 0 aliphatic heterocycles. The Hall–Kier alpha value is -2.64. The van der Waals surface area contributed by atoms with E-state index in [4.69, 9.17) is 10.3 Å². The number of ether oxygens (including phenoxy) is 1. The van der Waals surface area contributed by atoms with Crippen LogP contribution < -0.4 is 4.74 Å². The molecule has 9 nitrogen and oxygen atoms in total. The summed E-state index contributed by atoms with van der Waals surface area (Å²) >= 11 is 0. The quantitative estimate of drug-likeness (QED) is 0.485. The summed E-state index contributed by atoms with van der Waals surface area (Å²) in [5.74, 6) is 1.01. The Balaban J connectivity index is 2.20. The second-order valence-corrected chi connectivity index (χ2v) is 3.91. The molecule has 2 rings (SSSR count). The van der Waals surface area contributed by atoms with Gasteiger partial charge in [0.25, 0.3) is 0 Å². The molecule has 0 aliphatic rings. The van der Waals surface area contributed by atoms with Gasteiger partial charge >= 0.3 is 0 Å². The van der Waals surface area contributed by atoms with Gasteiger partial charge in [0.15, 0.2) is 5.82 Å². The van der Waals surface area contributed by atoms with Crippen molar-refractivity contribution < 1.29 is 9.84 Å². The van der Waals surface area contributed by atoms with E-state index in [9.17, 15) is 5.11 Å². The molecule has 0 spiro atoms. The molecule has 0 unspecified atom stereocenters. The SMILES string of the molecule is COc1ccc(-n2nnnc2[C@@H](O)CCN=[N+]=[N-])cc1. The Labute approximate surface area is 114 Å². The molecule has 9 heteroatoms. The highest BCUT2D eigenvalue weighted by Gasteiger charge is 2.17. The van der Waals surface area contributed by atoms with E-state index in [0.717, 1.165) is 0 Å². The van der Waals surface area contributed by atoms with Gasteiger partial charge in [-0.1, -0.05) is 5.11 Å². The van der Waals surface area contributed by atoms with Gasteiger partial charge in [-0.05, 0) is 46.6 Å². The summed E-state index contributed by atoms with van der Waals surface area (Å²) in [7, 11) is 1.58. The van der Waals surface area contributed by atoms with Gasteiger partial charge in [0.1, 0.15) is 11.9 Å². The topological polar surface area (TPSA) is 122 Å². The number of aromatic nitrogens is 4. The zero-order valence-corrected chi connectivity index (χ0v) is 10.8. The van der Waals surface area contributed by atoms with E-state index >= 15 is 0 Å². The Morgan fingerprint density at radius 1 is 1.45 bits per heavy atom. The van der Waals surface area contributed by atoms with E-state index in [1.807, 2.05) is 0 Å². The van der Waals surface area contributed by atoms with Crippen LogP contribution in [0.3, 0.4) is 0 Å². The van der Waals surface area contributed by atoms with Crippen LogP contribution in [0.1, 0.15) is 18.3 Å². The van der Waals surface area contributed by atoms with Crippen molar-refractivity contribution in [3.05, 3.63) is 40.5 Å². The molecule has 0 radical (unpaired) electrons. The Morgan fingerprint density at radius 3 is 2.85 bits per heavy atom. The van der Waals surface area contributed by atoms with Crippen molar-refractivity contribution in [2.24, 2.45) is 5.11 Å². The number of aliphatic hydroxyl groups is 1. The maximum Gasteiger partial charge on any atom is 0.185 e. The first kappa shape index (κ1) is 13.8. The van der Waals surface area contributed by atoms with Gasteiger partial charge < -0.3 is 9.84 Å². The van der Waals surface area contributed by atoms with Gasteiger partial charge in [-0.25, -0.2) is 0 Å². The molecule has 0 amide bonds. The fourth-order valence-electron chi connectivity index (χ4n) is 1.66. The number of azide groups is 1. The third-order valence-corrected chi connectivity index (χ3v) is 2.67. The Kier molecular flexibility index (Phi) is 4.48. The van der Waals surface area contributed by atoms with Gasteiger partial charge in [-0.2, -0.15) is 4.68 Å². The minimum atomic E-state index is -0.905. The summed E-state index contributed by atoms with van der Waals surface area (Å²) in [5.41, 5.74) is 8.91. The first-order valence-corrected chi connectivity index (χ1v) is 5.88. The minimum Gasteiger partial charge on any atom is -0.497 e. The summed E-state index contributed by atoms with van der Waals surface area (Å²) in [6.45, 7) is 0.174. The lowest BCUT2D eigenvalue weighted by molar-refractivity contribution is 0.157. The lowest BCUT2D eigenvalue weighted by Gasteiger charge is -2.09. The molecule has 1 N–H and O–H groups in total. The summed E-state index contributed by atoms with van der Waals surface area (Å²) in [4.78, 5) is 2.63. The predicted octanol–water partition coefficient (Wildman–Crippen LogP) is 1.40. The van der Waals surface area contributed by atoms with Crippen molar-refractivity contribution in [2.45, 2.75) is 12.5 Å². The standard InChI is InChI=1S/C11H13N7O2/c1-20-9-4-2-8(3-5-9)18-11(14-16-17-18)10(19)6-7-13-15-12/h2-5,10,19H,6-7H2,1H3/t10-/m0/s1. The summed E-state index contributed by atoms with van der Waals surface area (Å²) < 4.78 is 6.50. The first-order valence-electron chi connectivity index (χ1n) is 5.88. The normalized spacial score (nSPS) is 11.7. The van der Waals surface area contributed by atoms with Crippen LogP contribution in [-0.4, -0.2) is 39.0 Å². The number of methoxy groups -OCH3 is 1. The predicted molar refractivity (Wildman–Crippen MR) is 69.3 cm³/mol. The average Bonchev–Trinajstić information content (AvgIpc) is 2.97. The molecule has 0 saturated heterocycles. The van der Waals surface area contributed by atoms with Crippen LogP contribution in [-0.2, 0) is 0 Å². The van der Waals surface area contributed by atoms with Crippen LogP contribution in [0.15, 0.2) is 29.4 Å². The van der Waals surface area contributed by atoms with Crippen molar-refractivity contribution in [3.63, 3.8) is 0 Å². The number of hydrogen-bond donors (Lipinski definition) is 1. The van der Waals surface area contributed by atoms with Crippen LogP contribution in [0, 0.1) is 0 Å². The second-order valence-electron chi connectivity index (χ2n) is 3.91. The molecule has 0 saturated carbocycles. The van der Waals surface area contributed by atoms with Crippen molar-refractivity contribution in [1.82, 2.24) is 20.2 Å². The molecule has 1 heterocycles. The average molecular weight is 275 g/mol. The highest BCUT2D eigenvalue weighted by molar-refractivity contribution is 5.37. The van der Waals surface area contributed by atoms with Crippen molar-refractivity contribution in [2.75, 3.05) is 13.7 Å². The highest BCUT2D eigenvalue weighted by Crippen LogP contribution is 2.19. The first-order chi connectivity index (χ1) is 9.76. The third-order valence-electron chi connectivity index (χ3n) is 2.67. The largest absolute Gasteiger partial charge is 0.497 e. The van der Waals surface area contributed by atoms with Gasteiger partial charge in [0.05, 0.1) is 12.8 Å². The monoisotopic (exact) mass is 275 g/mol. The fraction of sp³-hybridized carbons (Fsp3) is 0.364. The van der Waals surface area contributed by atoms with E-state index < -0.39 is 6.10 Å². The minimum absolute atomic E-state index is 0.174. The van der Waals surface area contributed by atoms with E-state index in [1.165, 1.54) is 4.68 Å². The molecule has 20 heavy (non-hydrogen) atoms. The maximum absolute atomic E-state index is 10.0.